The molecule has 1 aliphatic carbocycles. The number of aromatic nitrogens is 4. The van der Waals surface area contributed by atoms with Gasteiger partial charge in [0.15, 0.2) is 17.5 Å². The number of hydrogen-bond acceptors (Lipinski definition) is 5. The van der Waals surface area contributed by atoms with Crippen LogP contribution in [0.15, 0.2) is 211 Å². The maximum atomic E-state index is 7.01. The van der Waals surface area contributed by atoms with Crippen LogP contribution in [0.4, 0.5) is 0 Å². The predicted octanol–water partition coefficient (Wildman–Crippen LogP) is 14.3. The van der Waals surface area contributed by atoms with E-state index in [4.69, 9.17) is 24.1 Å². The molecule has 0 amide bonds. The number of para-hydroxylation sites is 2. The van der Waals surface area contributed by atoms with Gasteiger partial charge in [0.05, 0.1) is 16.4 Å². The number of benzene rings is 9. The summed E-state index contributed by atoms with van der Waals surface area (Å²) in [5.41, 5.74) is 14.2. The van der Waals surface area contributed by atoms with Crippen LogP contribution in [0.3, 0.4) is 0 Å². The molecule has 6 heteroatoms. The Labute approximate surface area is 367 Å². The van der Waals surface area contributed by atoms with E-state index in [1.807, 2.05) is 72.8 Å². The zero-order chi connectivity index (χ0) is 41.9. The van der Waals surface area contributed by atoms with Gasteiger partial charge in [-0.1, -0.05) is 158 Å². The van der Waals surface area contributed by atoms with E-state index in [0.29, 0.717) is 17.5 Å². The van der Waals surface area contributed by atoms with Crippen LogP contribution in [-0.4, -0.2) is 19.5 Å². The van der Waals surface area contributed by atoms with E-state index in [1.165, 1.54) is 27.6 Å². The molecule has 0 N–H and O–H groups in total. The Morgan fingerprint density at radius 2 is 0.984 bits per heavy atom. The summed E-state index contributed by atoms with van der Waals surface area (Å²) in [6.07, 6.45) is 0. The van der Waals surface area contributed by atoms with Gasteiger partial charge in [-0.05, 0) is 64.7 Å². The molecule has 0 saturated heterocycles. The average molecular weight is 819 g/mol. The summed E-state index contributed by atoms with van der Waals surface area (Å²) in [5, 5.41) is 4.24. The third-order valence-electron chi connectivity index (χ3n) is 13.3. The summed E-state index contributed by atoms with van der Waals surface area (Å²) < 4.78 is 16.0. The molecule has 6 nitrogen and oxygen atoms in total. The Hall–Kier alpha value is -8.61. The highest BCUT2D eigenvalue weighted by atomic mass is 16.5. The largest absolute Gasteiger partial charge is 0.457 e. The van der Waals surface area contributed by atoms with Gasteiger partial charge in [0.1, 0.15) is 22.7 Å². The van der Waals surface area contributed by atoms with Crippen molar-refractivity contribution in [3.8, 4) is 62.5 Å². The molecule has 4 heterocycles. The quantitative estimate of drug-likeness (QED) is 0.177. The lowest BCUT2D eigenvalue weighted by molar-refractivity contribution is 0.437. The standard InChI is InChI=1S/C58H34N4O2/c1-3-16-35(17-4-1)55-59-56(36-18-5-2-6-19-36)61-57(60-55)41-23-15-29-52-54(41)43-32-37(30-31-50(43)63-52)62-48-27-13-9-22-40(48)42-33-47-53(34-49(42)62)64-51-28-14-12-26-46(51)58(47)44-24-10-7-20-38(44)39-21-8-11-25-45(39)58/h1-34H. The first-order valence-corrected chi connectivity index (χ1v) is 21.6. The second-order valence-electron chi connectivity index (χ2n) is 16.7. The highest BCUT2D eigenvalue weighted by Gasteiger charge is 2.51. The van der Waals surface area contributed by atoms with Gasteiger partial charge in [0.2, 0.25) is 0 Å². The molecule has 0 bridgehead atoms. The van der Waals surface area contributed by atoms with Gasteiger partial charge in [0, 0.05) is 61.1 Å². The van der Waals surface area contributed by atoms with Crippen molar-refractivity contribution in [3.05, 3.63) is 229 Å². The van der Waals surface area contributed by atoms with Gasteiger partial charge in [0.25, 0.3) is 0 Å². The van der Waals surface area contributed by atoms with Crippen molar-refractivity contribution in [1.82, 2.24) is 19.5 Å². The van der Waals surface area contributed by atoms with Gasteiger partial charge in [-0.25, -0.2) is 15.0 Å². The molecule has 0 radical (unpaired) electrons. The summed E-state index contributed by atoms with van der Waals surface area (Å²) >= 11 is 0. The van der Waals surface area contributed by atoms with E-state index in [2.05, 4.69) is 138 Å². The minimum absolute atomic E-state index is 0.560. The molecular weight excluding hydrogens is 785 g/mol. The molecular formula is C58H34N4O2. The number of nitrogens with zero attached hydrogens (tertiary/aromatic N) is 4. The zero-order valence-electron chi connectivity index (χ0n) is 34.2. The van der Waals surface area contributed by atoms with Crippen LogP contribution in [0.25, 0.3) is 94.7 Å². The van der Waals surface area contributed by atoms with Crippen molar-refractivity contribution in [3.63, 3.8) is 0 Å². The van der Waals surface area contributed by atoms with E-state index in [1.54, 1.807) is 0 Å². The third-order valence-corrected chi connectivity index (χ3v) is 13.3. The van der Waals surface area contributed by atoms with Crippen molar-refractivity contribution < 1.29 is 9.15 Å². The second-order valence-corrected chi connectivity index (χ2v) is 16.7. The lowest BCUT2D eigenvalue weighted by Crippen LogP contribution is -2.32. The van der Waals surface area contributed by atoms with Crippen molar-refractivity contribution in [2.24, 2.45) is 0 Å². The van der Waals surface area contributed by atoms with Crippen LogP contribution < -0.4 is 4.74 Å². The number of hydrogen-bond donors (Lipinski definition) is 0. The lowest BCUT2D eigenvalue weighted by Gasteiger charge is -2.39. The molecule has 0 unspecified atom stereocenters. The summed E-state index contributed by atoms with van der Waals surface area (Å²) in [6.45, 7) is 0. The fourth-order valence-corrected chi connectivity index (χ4v) is 10.7. The molecule has 9 aromatic carbocycles. The molecule has 1 spiro atoms. The Morgan fingerprint density at radius 1 is 0.375 bits per heavy atom. The van der Waals surface area contributed by atoms with Crippen molar-refractivity contribution in [1.29, 1.82) is 0 Å². The molecule has 14 rings (SSSR count). The van der Waals surface area contributed by atoms with Crippen molar-refractivity contribution in [2.75, 3.05) is 0 Å². The Bertz CT molecular complexity index is 3780. The van der Waals surface area contributed by atoms with Crippen LogP contribution in [-0.2, 0) is 5.41 Å². The van der Waals surface area contributed by atoms with Crippen LogP contribution in [0, 0.1) is 0 Å². The maximum Gasteiger partial charge on any atom is 0.164 e. The molecule has 0 atom stereocenters. The fourth-order valence-electron chi connectivity index (χ4n) is 10.7. The Morgan fingerprint density at radius 3 is 1.72 bits per heavy atom. The highest BCUT2D eigenvalue weighted by Crippen LogP contribution is 2.62. The number of rotatable bonds is 4. The second kappa shape index (κ2) is 13.2. The highest BCUT2D eigenvalue weighted by molar-refractivity contribution is 6.14. The van der Waals surface area contributed by atoms with E-state index >= 15 is 0 Å². The van der Waals surface area contributed by atoms with Crippen LogP contribution in [0.2, 0.25) is 0 Å². The first kappa shape index (κ1) is 35.0. The molecule has 0 fully saturated rings. The SMILES string of the molecule is c1ccc(-c2nc(-c3ccccc3)nc(-c3cccc4oc5ccc(-n6c7ccccc7c7cc8c(cc76)Oc6ccccc6C86c7ccccc7-c7ccccc76)cc5c34)n2)cc1. The minimum Gasteiger partial charge on any atom is -0.457 e. The number of ether oxygens (including phenoxy) is 1. The summed E-state index contributed by atoms with van der Waals surface area (Å²) in [5.74, 6) is 3.51. The van der Waals surface area contributed by atoms with Gasteiger partial charge < -0.3 is 13.7 Å². The first-order valence-electron chi connectivity index (χ1n) is 21.6. The summed E-state index contributed by atoms with van der Waals surface area (Å²) in [7, 11) is 0. The fraction of sp³-hybridized carbons (Fsp3) is 0.0172. The monoisotopic (exact) mass is 818 g/mol. The van der Waals surface area contributed by atoms with Crippen LogP contribution >= 0.6 is 0 Å². The topological polar surface area (TPSA) is 66.0 Å². The number of fused-ring (bicyclic) bond motifs is 15. The summed E-state index contributed by atoms with van der Waals surface area (Å²) in [6, 6.07) is 72.4. The van der Waals surface area contributed by atoms with Gasteiger partial charge in [-0.2, -0.15) is 0 Å². The van der Waals surface area contributed by atoms with E-state index in [0.717, 1.165) is 83.4 Å². The average Bonchev–Trinajstić information content (AvgIpc) is 4.00. The molecule has 1 aliphatic heterocycles. The van der Waals surface area contributed by atoms with Gasteiger partial charge in [-0.15, -0.1) is 0 Å². The van der Waals surface area contributed by atoms with Crippen LogP contribution in [0.1, 0.15) is 22.3 Å². The first-order chi connectivity index (χ1) is 31.7. The van der Waals surface area contributed by atoms with Gasteiger partial charge in [-0.3, -0.25) is 0 Å². The minimum atomic E-state index is -0.560. The predicted molar refractivity (Wildman–Crippen MR) is 255 cm³/mol. The Balaban J connectivity index is 1.01. The molecule has 0 saturated carbocycles. The van der Waals surface area contributed by atoms with Crippen molar-refractivity contribution in [2.45, 2.75) is 5.41 Å². The lowest BCUT2D eigenvalue weighted by atomic mass is 9.66. The smallest absolute Gasteiger partial charge is 0.164 e. The molecule has 64 heavy (non-hydrogen) atoms. The molecule has 298 valence electrons. The van der Waals surface area contributed by atoms with Gasteiger partial charge >= 0.3 is 0 Å². The maximum absolute atomic E-state index is 7.01. The summed E-state index contributed by atoms with van der Waals surface area (Å²) in [4.78, 5) is 15.2. The van der Waals surface area contributed by atoms with E-state index < -0.39 is 5.41 Å². The Kier molecular flexibility index (Phi) is 7.22. The van der Waals surface area contributed by atoms with Crippen LogP contribution in [0.5, 0.6) is 11.5 Å². The van der Waals surface area contributed by atoms with E-state index in [-0.39, 0.29) is 0 Å². The normalized spacial score (nSPS) is 13.2. The number of furan rings is 1. The molecule has 2 aliphatic rings. The zero-order valence-corrected chi connectivity index (χ0v) is 34.2. The third kappa shape index (κ3) is 4.82. The van der Waals surface area contributed by atoms with Crippen molar-refractivity contribution >= 4 is 43.7 Å². The molecule has 12 aromatic rings. The van der Waals surface area contributed by atoms with E-state index in [9.17, 15) is 0 Å². The molecule has 3 aromatic heterocycles.